The number of hydrogen-bond acceptors (Lipinski definition) is 4. The molecule has 4 nitrogen and oxygen atoms in total. The first-order valence-electron chi connectivity index (χ1n) is 5.94. The number of thiazole rings is 1. The van der Waals surface area contributed by atoms with Crippen LogP contribution in [0, 0.1) is 25.5 Å². The maximum Gasteiger partial charge on any atom is 0.273 e. The zero-order valence-electron chi connectivity index (χ0n) is 11.2. The van der Waals surface area contributed by atoms with Crippen molar-refractivity contribution < 1.29 is 13.6 Å². The number of halogens is 2. The molecular formula is C13H13F2N3OS. The lowest BCUT2D eigenvalue weighted by Crippen LogP contribution is -2.29. The van der Waals surface area contributed by atoms with E-state index in [0.717, 1.165) is 21.8 Å². The molecule has 0 radical (unpaired) electrons. The van der Waals surface area contributed by atoms with Gasteiger partial charge in [0.25, 0.3) is 5.91 Å². The molecule has 0 fully saturated rings. The number of aryl methyl sites for hydroxylation is 2. The highest BCUT2D eigenvalue weighted by Gasteiger charge is 2.19. The van der Waals surface area contributed by atoms with Crippen LogP contribution in [0.2, 0.25) is 0 Å². The molecule has 1 amide bonds. The highest BCUT2D eigenvalue weighted by Crippen LogP contribution is 2.22. The van der Waals surface area contributed by atoms with Gasteiger partial charge in [-0.3, -0.25) is 4.79 Å². The fraction of sp³-hybridized carbons (Fsp3) is 0.308. The number of nitrogens with one attached hydrogen (secondary N) is 1. The van der Waals surface area contributed by atoms with E-state index in [0.29, 0.717) is 6.07 Å². The normalized spacial score (nSPS) is 12.2. The Kier molecular flexibility index (Phi) is 4.08. The molecule has 0 aliphatic carbocycles. The van der Waals surface area contributed by atoms with Crippen LogP contribution in [0.3, 0.4) is 0 Å². The SMILES string of the molecule is Cc1nc(C(C)NC(=O)c2ncc(F)cc2F)c(C)s1. The smallest absolute Gasteiger partial charge is 0.273 e. The maximum atomic E-state index is 13.5. The highest BCUT2D eigenvalue weighted by atomic mass is 32.1. The average molecular weight is 297 g/mol. The Morgan fingerprint density at radius 2 is 2.10 bits per heavy atom. The summed E-state index contributed by atoms with van der Waals surface area (Å²) in [7, 11) is 0. The van der Waals surface area contributed by atoms with E-state index >= 15 is 0 Å². The van der Waals surface area contributed by atoms with Crippen LogP contribution >= 0.6 is 11.3 Å². The third kappa shape index (κ3) is 2.98. The molecule has 0 aromatic carbocycles. The lowest BCUT2D eigenvalue weighted by Gasteiger charge is -2.12. The summed E-state index contributed by atoms with van der Waals surface area (Å²) in [4.78, 5) is 20.7. The van der Waals surface area contributed by atoms with Gasteiger partial charge in [0, 0.05) is 10.9 Å². The third-order valence-electron chi connectivity index (χ3n) is 2.72. The fourth-order valence-electron chi connectivity index (χ4n) is 1.86. The predicted molar refractivity (Wildman–Crippen MR) is 71.6 cm³/mol. The Morgan fingerprint density at radius 1 is 1.40 bits per heavy atom. The molecular weight excluding hydrogens is 284 g/mol. The van der Waals surface area contributed by atoms with Gasteiger partial charge in [-0.15, -0.1) is 11.3 Å². The second kappa shape index (κ2) is 5.62. The Hall–Kier alpha value is -1.89. The lowest BCUT2D eigenvalue weighted by molar-refractivity contribution is 0.0929. The fourth-order valence-corrected chi connectivity index (χ4v) is 2.78. The largest absolute Gasteiger partial charge is 0.342 e. The van der Waals surface area contributed by atoms with E-state index in [4.69, 9.17) is 0 Å². The monoisotopic (exact) mass is 297 g/mol. The Balaban J connectivity index is 2.17. The molecule has 7 heteroatoms. The summed E-state index contributed by atoms with van der Waals surface area (Å²) in [6, 6.07) is 0.254. The zero-order chi connectivity index (χ0) is 14.9. The van der Waals surface area contributed by atoms with Crippen molar-refractivity contribution in [2.75, 3.05) is 0 Å². The Labute approximate surface area is 118 Å². The molecule has 0 spiro atoms. The lowest BCUT2D eigenvalue weighted by atomic mass is 10.2. The van der Waals surface area contributed by atoms with Gasteiger partial charge < -0.3 is 5.32 Å². The molecule has 0 saturated heterocycles. The molecule has 2 aromatic rings. The standard InChI is InChI=1S/C13H13F2N3OS/c1-6(11-7(2)20-8(3)18-11)17-13(19)12-10(15)4-9(14)5-16-12/h4-6H,1-3H3,(H,17,19). The molecule has 20 heavy (non-hydrogen) atoms. The van der Waals surface area contributed by atoms with Crippen LogP contribution in [0.1, 0.15) is 39.0 Å². The topological polar surface area (TPSA) is 54.9 Å². The predicted octanol–water partition coefficient (Wildman–Crippen LogP) is 2.92. The van der Waals surface area contributed by atoms with Crippen molar-refractivity contribution in [2.45, 2.75) is 26.8 Å². The van der Waals surface area contributed by atoms with Crippen LogP contribution in [0.15, 0.2) is 12.3 Å². The number of aromatic nitrogens is 2. The summed E-state index contributed by atoms with van der Waals surface area (Å²) in [5, 5.41) is 3.50. The van der Waals surface area contributed by atoms with E-state index in [2.05, 4.69) is 15.3 Å². The van der Waals surface area contributed by atoms with Crippen LogP contribution in [-0.2, 0) is 0 Å². The number of nitrogens with zero attached hydrogens (tertiary/aromatic N) is 2. The number of rotatable bonds is 3. The zero-order valence-corrected chi connectivity index (χ0v) is 12.0. The summed E-state index contributed by atoms with van der Waals surface area (Å²) < 4.78 is 26.2. The molecule has 2 aromatic heterocycles. The molecule has 2 heterocycles. The van der Waals surface area contributed by atoms with Crippen LogP contribution in [0.25, 0.3) is 0 Å². The molecule has 0 aliphatic heterocycles. The summed E-state index contributed by atoms with van der Waals surface area (Å²) in [5.74, 6) is -2.50. The molecule has 106 valence electrons. The highest BCUT2D eigenvalue weighted by molar-refractivity contribution is 7.11. The molecule has 0 saturated carbocycles. The summed E-state index contributed by atoms with van der Waals surface area (Å²) in [6.45, 7) is 5.52. The second-order valence-electron chi connectivity index (χ2n) is 4.35. The number of hydrogen-bond donors (Lipinski definition) is 1. The summed E-state index contributed by atoms with van der Waals surface area (Å²) in [5.41, 5.74) is 0.311. The van der Waals surface area contributed by atoms with E-state index in [1.54, 1.807) is 6.92 Å². The van der Waals surface area contributed by atoms with Crippen LogP contribution < -0.4 is 5.32 Å². The first kappa shape index (κ1) is 14.5. The first-order chi connectivity index (χ1) is 9.38. The number of carbonyl (C=O) groups excluding carboxylic acids is 1. The van der Waals surface area contributed by atoms with Crippen molar-refractivity contribution in [1.29, 1.82) is 0 Å². The number of amides is 1. The van der Waals surface area contributed by atoms with Crippen molar-refractivity contribution in [3.8, 4) is 0 Å². The molecule has 1 atom stereocenters. The van der Waals surface area contributed by atoms with Crippen LogP contribution in [0.4, 0.5) is 8.78 Å². The van der Waals surface area contributed by atoms with E-state index in [-0.39, 0.29) is 6.04 Å². The van der Waals surface area contributed by atoms with Gasteiger partial charge in [-0.1, -0.05) is 0 Å². The van der Waals surface area contributed by atoms with Crippen molar-refractivity contribution in [3.63, 3.8) is 0 Å². The Morgan fingerprint density at radius 3 is 2.65 bits per heavy atom. The van der Waals surface area contributed by atoms with E-state index < -0.39 is 23.2 Å². The third-order valence-corrected chi connectivity index (χ3v) is 3.62. The Bertz CT molecular complexity index is 657. The van der Waals surface area contributed by atoms with Gasteiger partial charge >= 0.3 is 0 Å². The first-order valence-corrected chi connectivity index (χ1v) is 6.76. The minimum absolute atomic E-state index is 0.376. The van der Waals surface area contributed by atoms with Gasteiger partial charge in [0.1, 0.15) is 5.82 Å². The van der Waals surface area contributed by atoms with E-state index in [1.165, 1.54) is 11.3 Å². The van der Waals surface area contributed by atoms with Crippen molar-refractivity contribution in [3.05, 3.63) is 45.2 Å². The van der Waals surface area contributed by atoms with Crippen molar-refractivity contribution in [1.82, 2.24) is 15.3 Å². The maximum absolute atomic E-state index is 13.5. The van der Waals surface area contributed by atoms with Gasteiger partial charge in [0.05, 0.1) is 22.9 Å². The van der Waals surface area contributed by atoms with Gasteiger partial charge in [0.15, 0.2) is 11.5 Å². The number of carbonyl (C=O) groups is 1. The van der Waals surface area contributed by atoms with Crippen LogP contribution in [-0.4, -0.2) is 15.9 Å². The quantitative estimate of drug-likeness (QED) is 0.947. The van der Waals surface area contributed by atoms with Crippen LogP contribution in [0.5, 0.6) is 0 Å². The van der Waals surface area contributed by atoms with Crippen molar-refractivity contribution in [2.24, 2.45) is 0 Å². The van der Waals surface area contributed by atoms with E-state index in [1.807, 2.05) is 13.8 Å². The van der Waals surface area contributed by atoms with Gasteiger partial charge in [-0.2, -0.15) is 0 Å². The minimum Gasteiger partial charge on any atom is -0.342 e. The molecule has 1 N–H and O–H groups in total. The summed E-state index contributed by atoms with van der Waals surface area (Å²) in [6.07, 6.45) is 0.806. The van der Waals surface area contributed by atoms with Gasteiger partial charge in [-0.25, -0.2) is 18.7 Å². The molecule has 1 unspecified atom stereocenters. The van der Waals surface area contributed by atoms with Gasteiger partial charge in [-0.05, 0) is 20.8 Å². The molecule has 0 bridgehead atoms. The molecule has 0 aliphatic rings. The summed E-state index contributed by atoms with van der Waals surface area (Å²) >= 11 is 1.52. The van der Waals surface area contributed by atoms with E-state index in [9.17, 15) is 13.6 Å². The van der Waals surface area contributed by atoms with Gasteiger partial charge in [0.2, 0.25) is 0 Å². The minimum atomic E-state index is -0.985. The molecule has 2 rings (SSSR count). The number of pyridine rings is 1. The van der Waals surface area contributed by atoms with Crippen molar-refractivity contribution >= 4 is 17.2 Å². The second-order valence-corrected chi connectivity index (χ2v) is 5.76. The average Bonchev–Trinajstić information content (AvgIpc) is 2.68.